The Bertz CT molecular complexity index is 1520. The molecule has 3 aromatic carbocycles. The van der Waals surface area contributed by atoms with E-state index >= 15 is 0 Å². The molecule has 0 aliphatic heterocycles. The molecule has 164 valence electrons. The van der Waals surface area contributed by atoms with Gasteiger partial charge in [-0.05, 0) is 61.0 Å². The van der Waals surface area contributed by atoms with E-state index in [1.54, 1.807) is 42.5 Å². The molecule has 0 aliphatic rings. The van der Waals surface area contributed by atoms with E-state index in [0.29, 0.717) is 22.7 Å². The Labute approximate surface area is 196 Å². The molecule has 0 amide bonds. The highest BCUT2D eigenvalue weighted by atomic mass is 79.9. The Morgan fingerprint density at radius 1 is 1.12 bits per heavy atom. The Hall–Kier alpha value is -3.91. The predicted molar refractivity (Wildman–Crippen MR) is 129 cm³/mol. The second kappa shape index (κ2) is 8.22. The normalized spacial score (nSPS) is 11.1. The summed E-state index contributed by atoms with van der Waals surface area (Å²) in [6.45, 7) is 1.86. The summed E-state index contributed by atoms with van der Waals surface area (Å²) < 4.78 is 21.9. The smallest absolute Gasteiger partial charge is 0.214 e. The number of rotatable bonds is 5. The molecule has 2 aromatic heterocycles. The van der Waals surface area contributed by atoms with Gasteiger partial charge in [-0.25, -0.2) is 9.07 Å². The zero-order valence-electron chi connectivity index (χ0n) is 17.5. The number of ketones is 1. The van der Waals surface area contributed by atoms with E-state index in [1.165, 1.54) is 16.9 Å². The third kappa shape index (κ3) is 3.78. The van der Waals surface area contributed by atoms with E-state index < -0.39 is 5.82 Å². The van der Waals surface area contributed by atoms with Crippen molar-refractivity contribution in [2.24, 2.45) is 0 Å². The maximum absolute atomic E-state index is 13.9. The van der Waals surface area contributed by atoms with Crippen molar-refractivity contribution in [3.05, 3.63) is 100 Å². The molecule has 2 heterocycles. The summed E-state index contributed by atoms with van der Waals surface area (Å²) in [5.74, 6) is 0.151. The van der Waals surface area contributed by atoms with Crippen LogP contribution in [0.25, 0.3) is 16.6 Å². The molecule has 33 heavy (non-hydrogen) atoms. The molecule has 3 N–H and O–H groups in total. The van der Waals surface area contributed by atoms with Gasteiger partial charge in [-0.3, -0.25) is 4.79 Å². The topological polar surface area (TPSA) is 85.9 Å². The number of aryl methyl sites for hydroxylation is 1. The van der Waals surface area contributed by atoms with Gasteiger partial charge in [0.2, 0.25) is 5.78 Å². The molecule has 0 bridgehead atoms. The number of ether oxygens (including phenoxy) is 1. The van der Waals surface area contributed by atoms with Crippen LogP contribution in [0.3, 0.4) is 0 Å². The maximum Gasteiger partial charge on any atom is 0.214 e. The Kier molecular flexibility index (Phi) is 5.22. The molecular weight excluding hydrogens is 487 g/mol. The van der Waals surface area contributed by atoms with E-state index in [-0.39, 0.29) is 17.4 Å². The summed E-state index contributed by atoms with van der Waals surface area (Å²) >= 11 is 3.50. The molecule has 0 fully saturated rings. The van der Waals surface area contributed by atoms with Crippen molar-refractivity contribution in [1.82, 2.24) is 14.8 Å². The van der Waals surface area contributed by atoms with Crippen molar-refractivity contribution >= 4 is 38.4 Å². The molecule has 0 unspecified atom stereocenters. The first-order valence-corrected chi connectivity index (χ1v) is 10.9. The second-order valence-electron chi connectivity index (χ2n) is 7.55. The van der Waals surface area contributed by atoms with Crippen molar-refractivity contribution < 1.29 is 13.9 Å². The Morgan fingerprint density at radius 2 is 1.94 bits per heavy atom. The van der Waals surface area contributed by atoms with E-state index in [9.17, 15) is 9.18 Å². The van der Waals surface area contributed by atoms with Crippen LogP contribution in [-0.2, 0) is 0 Å². The van der Waals surface area contributed by atoms with Crippen LogP contribution >= 0.6 is 15.9 Å². The van der Waals surface area contributed by atoms with Crippen molar-refractivity contribution in [1.29, 1.82) is 0 Å². The molecule has 0 radical (unpaired) electrons. The number of benzene rings is 3. The fourth-order valence-corrected chi connectivity index (χ4v) is 4.17. The van der Waals surface area contributed by atoms with Crippen LogP contribution < -0.4 is 10.5 Å². The third-order valence-electron chi connectivity index (χ3n) is 5.37. The summed E-state index contributed by atoms with van der Waals surface area (Å²) in [5.41, 5.74) is 9.38. The summed E-state index contributed by atoms with van der Waals surface area (Å²) in [6, 6.07) is 18.9. The van der Waals surface area contributed by atoms with Crippen LogP contribution in [0.15, 0.2) is 77.4 Å². The summed E-state index contributed by atoms with van der Waals surface area (Å²) in [6.07, 6.45) is 1.46. The number of nitrogens with two attached hydrogens (primary N) is 1. The molecule has 6 nitrogen and oxygen atoms in total. The number of aromatic amines is 1. The first-order chi connectivity index (χ1) is 15.9. The van der Waals surface area contributed by atoms with E-state index in [4.69, 9.17) is 10.5 Å². The van der Waals surface area contributed by atoms with E-state index in [0.717, 1.165) is 20.9 Å². The fraction of sp³-hybridized carbons (Fsp3) is 0.0400. The summed E-state index contributed by atoms with van der Waals surface area (Å²) in [5, 5.41) is 5.25. The van der Waals surface area contributed by atoms with Gasteiger partial charge >= 0.3 is 0 Å². The molecule has 0 spiro atoms. The van der Waals surface area contributed by atoms with E-state index in [1.807, 2.05) is 25.1 Å². The number of nitrogen functional groups attached to an aromatic ring is 1. The van der Waals surface area contributed by atoms with Crippen LogP contribution in [0.4, 0.5) is 10.2 Å². The quantitative estimate of drug-likeness (QED) is 0.280. The standard InChI is InChI=1S/C25H18BrFN4O2/c1-14-11-15(33-23-8-3-2-6-19(23)27)9-10-22(14)31-25(28)17(13-29-31)24(32)21-12-16-18(26)5-4-7-20(16)30-21/h2-13,30H,28H2,1H3. The molecule has 8 heteroatoms. The van der Waals surface area contributed by atoms with Gasteiger partial charge in [0.25, 0.3) is 0 Å². The fourth-order valence-electron chi connectivity index (χ4n) is 3.69. The lowest BCUT2D eigenvalue weighted by molar-refractivity contribution is 0.103. The van der Waals surface area contributed by atoms with Gasteiger partial charge in [0.15, 0.2) is 11.6 Å². The van der Waals surface area contributed by atoms with E-state index in [2.05, 4.69) is 26.0 Å². The van der Waals surface area contributed by atoms with Crippen molar-refractivity contribution in [2.75, 3.05) is 5.73 Å². The zero-order valence-corrected chi connectivity index (χ0v) is 19.1. The summed E-state index contributed by atoms with van der Waals surface area (Å²) in [7, 11) is 0. The molecule has 5 rings (SSSR count). The number of carbonyl (C=O) groups excluding carboxylic acids is 1. The molecule has 0 saturated carbocycles. The lowest BCUT2D eigenvalue weighted by Gasteiger charge is -2.12. The predicted octanol–water partition coefficient (Wildman–Crippen LogP) is 6.17. The first kappa shape index (κ1) is 21.0. The first-order valence-electron chi connectivity index (χ1n) is 10.1. The minimum atomic E-state index is -0.442. The number of carbonyl (C=O) groups is 1. The van der Waals surface area contributed by atoms with Crippen LogP contribution in [0.2, 0.25) is 0 Å². The lowest BCUT2D eigenvalue weighted by Crippen LogP contribution is -2.08. The van der Waals surface area contributed by atoms with Crippen LogP contribution in [-0.4, -0.2) is 20.5 Å². The number of nitrogens with zero attached hydrogens (tertiary/aromatic N) is 2. The van der Waals surface area contributed by atoms with Crippen molar-refractivity contribution in [3.63, 3.8) is 0 Å². The molecule has 5 aromatic rings. The van der Waals surface area contributed by atoms with Gasteiger partial charge in [0.05, 0.1) is 23.1 Å². The number of hydrogen-bond donors (Lipinski definition) is 2. The number of para-hydroxylation sites is 1. The zero-order chi connectivity index (χ0) is 23.1. The van der Waals surface area contributed by atoms with Crippen LogP contribution in [0.1, 0.15) is 21.6 Å². The Balaban J connectivity index is 1.45. The molecule has 0 atom stereocenters. The number of H-pyrrole nitrogens is 1. The van der Waals surface area contributed by atoms with Gasteiger partial charge in [-0.1, -0.05) is 34.1 Å². The summed E-state index contributed by atoms with van der Waals surface area (Å²) in [4.78, 5) is 16.3. The molecule has 0 aliphatic carbocycles. The molecular formula is C25H18BrFN4O2. The van der Waals surface area contributed by atoms with Gasteiger partial charge in [-0.2, -0.15) is 5.10 Å². The Morgan fingerprint density at radius 3 is 2.70 bits per heavy atom. The van der Waals surface area contributed by atoms with Gasteiger partial charge in [-0.15, -0.1) is 0 Å². The van der Waals surface area contributed by atoms with Crippen LogP contribution in [0, 0.1) is 12.7 Å². The third-order valence-corrected chi connectivity index (χ3v) is 6.06. The minimum Gasteiger partial charge on any atom is -0.454 e. The minimum absolute atomic E-state index is 0.140. The van der Waals surface area contributed by atoms with Gasteiger partial charge in [0, 0.05) is 15.4 Å². The largest absolute Gasteiger partial charge is 0.454 e. The highest BCUT2D eigenvalue weighted by Crippen LogP contribution is 2.30. The SMILES string of the molecule is Cc1cc(Oc2ccccc2F)ccc1-n1ncc(C(=O)c2cc3c(Br)cccc3[nH]2)c1N. The highest BCUT2D eigenvalue weighted by Gasteiger charge is 2.21. The average molecular weight is 505 g/mol. The number of aromatic nitrogens is 3. The number of nitrogens with one attached hydrogen (secondary N) is 1. The number of hydrogen-bond acceptors (Lipinski definition) is 4. The van der Waals surface area contributed by atoms with Crippen LogP contribution in [0.5, 0.6) is 11.5 Å². The lowest BCUT2D eigenvalue weighted by atomic mass is 10.1. The van der Waals surface area contributed by atoms with Gasteiger partial charge < -0.3 is 15.5 Å². The van der Waals surface area contributed by atoms with Crippen molar-refractivity contribution in [2.45, 2.75) is 6.92 Å². The van der Waals surface area contributed by atoms with Gasteiger partial charge in [0.1, 0.15) is 11.6 Å². The average Bonchev–Trinajstić information content (AvgIpc) is 3.40. The highest BCUT2D eigenvalue weighted by molar-refractivity contribution is 9.10. The molecule has 0 saturated heterocycles. The second-order valence-corrected chi connectivity index (χ2v) is 8.40. The monoisotopic (exact) mass is 504 g/mol. The number of fused-ring (bicyclic) bond motifs is 1. The van der Waals surface area contributed by atoms with Crippen molar-refractivity contribution in [3.8, 4) is 17.2 Å². The number of anilines is 1. The number of halogens is 2. The maximum atomic E-state index is 13.9.